The first-order chi connectivity index (χ1) is 15.9. The number of carbonyl (C=O) groups is 3. The summed E-state index contributed by atoms with van der Waals surface area (Å²) >= 11 is 0. The predicted octanol–water partition coefficient (Wildman–Crippen LogP) is 1.87. The van der Waals surface area contributed by atoms with E-state index in [1.165, 1.54) is 21.9 Å². The van der Waals surface area contributed by atoms with Crippen LogP contribution in [-0.4, -0.2) is 63.9 Å². The predicted molar refractivity (Wildman–Crippen MR) is 120 cm³/mol. The number of hydrogen-bond acceptors (Lipinski definition) is 5. The van der Waals surface area contributed by atoms with Crippen LogP contribution in [0.3, 0.4) is 0 Å². The molecule has 0 bridgehead atoms. The summed E-state index contributed by atoms with van der Waals surface area (Å²) in [6, 6.07) is 13.5. The van der Waals surface area contributed by atoms with Crippen molar-refractivity contribution < 1.29 is 18.8 Å². The highest BCUT2D eigenvalue weighted by Gasteiger charge is 2.54. The van der Waals surface area contributed by atoms with Gasteiger partial charge < -0.3 is 10.2 Å². The van der Waals surface area contributed by atoms with Gasteiger partial charge in [-0.1, -0.05) is 49.4 Å². The fraction of sp³-hybridized carbons (Fsp3) is 0.375. The maximum absolute atomic E-state index is 13.4. The molecule has 0 spiro atoms. The zero-order valence-electron chi connectivity index (χ0n) is 18.7. The van der Waals surface area contributed by atoms with E-state index in [9.17, 15) is 18.8 Å². The third-order valence-corrected chi connectivity index (χ3v) is 6.14. The van der Waals surface area contributed by atoms with E-state index in [1.54, 1.807) is 12.1 Å². The van der Waals surface area contributed by atoms with E-state index in [1.807, 2.05) is 49.2 Å². The average Bonchev–Trinajstić information content (AvgIpc) is 3.16. The van der Waals surface area contributed by atoms with Crippen LogP contribution in [0, 0.1) is 5.82 Å². The monoisotopic (exact) mass is 453 g/mol. The van der Waals surface area contributed by atoms with Crippen LogP contribution < -0.4 is 10.7 Å². The number of hydrazine groups is 1. The molecular weight excluding hydrogens is 425 g/mol. The SMILES string of the molecule is CCN1NC(C)C2C1C(=O)N(Cc1ccccc1)C(=O)N2CC(=O)NCc1ccc(F)cc1. The highest BCUT2D eigenvalue weighted by Crippen LogP contribution is 2.29. The minimum atomic E-state index is -0.573. The van der Waals surface area contributed by atoms with E-state index in [4.69, 9.17) is 0 Å². The molecule has 2 saturated heterocycles. The number of carbonyl (C=O) groups excluding carboxylic acids is 3. The number of nitrogens with zero attached hydrogens (tertiary/aromatic N) is 3. The summed E-state index contributed by atoms with van der Waals surface area (Å²) in [5.74, 6) is -0.959. The molecule has 0 aromatic heterocycles. The fourth-order valence-electron chi connectivity index (χ4n) is 4.52. The Labute approximate surface area is 192 Å². The molecule has 4 rings (SSSR count). The highest BCUT2D eigenvalue weighted by atomic mass is 19.1. The van der Waals surface area contributed by atoms with Crippen molar-refractivity contribution in [2.24, 2.45) is 0 Å². The number of imide groups is 1. The van der Waals surface area contributed by atoms with Crippen LogP contribution in [0.25, 0.3) is 0 Å². The normalized spacial score (nSPS) is 23.1. The summed E-state index contributed by atoms with van der Waals surface area (Å²) in [6.07, 6.45) is 0. The molecule has 2 N–H and O–H groups in total. The highest BCUT2D eigenvalue weighted by molar-refractivity contribution is 6.02. The second-order valence-electron chi connectivity index (χ2n) is 8.36. The molecule has 2 aliphatic rings. The standard InChI is InChI=1S/C24H28FN5O3/c1-3-30-22-21(16(2)27-30)28(15-20(31)26-13-17-9-11-19(25)12-10-17)24(33)29(23(22)32)14-18-7-5-4-6-8-18/h4-12,16,21-22,27H,3,13-15H2,1-2H3,(H,26,31). The maximum atomic E-state index is 13.4. The zero-order chi connectivity index (χ0) is 23.5. The molecular formula is C24H28FN5O3. The van der Waals surface area contributed by atoms with E-state index < -0.39 is 18.1 Å². The van der Waals surface area contributed by atoms with E-state index >= 15 is 0 Å². The third-order valence-electron chi connectivity index (χ3n) is 6.14. The number of halogens is 1. The quantitative estimate of drug-likeness (QED) is 0.669. The van der Waals surface area contributed by atoms with Crippen LogP contribution in [0.2, 0.25) is 0 Å². The molecule has 3 unspecified atom stereocenters. The van der Waals surface area contributed by atoms with Crippen molar-refractivity contribution in [1.82, 2.24) is 25.6 Å². The van der Waals surface area contributed by atoms with Gasteiger partial charge in [-0.25, -0.2) is 19.6 Å². The van der Waals surface area contributed by atoms with Gasteiger partial charge in [-0.3, -0.25) is 14.5 Å². The molecule has 9 heteroatoms. The first-order valence-corrected chi connectivity index (χ1v) is 11.1. The zero-order valence-corrected chi connectivity index (χ0v) is 18.7. The van der Waals surface area contributed by atoms with Gasteiger partial charge in [0.05, 0.1) is 12.6 Å². The van der Waals surface area contributed by atoms with Crippen LogP contribution in [0.5, 0.6) is 0 Å². The fourth-order valence-corrected chi connectivity index (χ4v) is 4.52. The van der Waals surface area contributed by atoms with Crippen LogP contribution in [0.4, 0.5) is 9.18 Å². The number of urea groups is 1. The van der Waals surface area contributed by atoms with Crippen LogP contribution in [0.1, 0.15) is 25.0 Å². The summed E-state index contributed by atoms with van der Waals surface area (Å²) in [7, 11) is 0. The van der Waals surface area contributed by atoms with E-state index in [0.717, 1.165) is 11.1 Å². The number of rotatable bonds is 7. The summed E-state index contributed by atoms with van der Waals surface area (Å²) in [5, 5.41) is 4.63. The van der Waals surface area contributed by atoms with Gasteiger partial charge in [0.25, 0.3) is 5.91 Å². The molecule has 2 aliphatic heterocycles. The molecule has 0 radical (unpaired) electrons. The van der Waals surface area contributed by atoms with E-state index in [2.05, 4.69) is 10.7 Å². The van der Waals surface area contributed by atoms with Gasteiger partial charge in [-0.2, -0.15) is 0 Å². The molecule has 174 valence electrons. The van der Waals surface area contributed by atoms with Crippen LogP contribution in [0.15, 0.2) is 54.6 Å². The lowest BCUT2D eigenvalue weighted by atomic mass is 9.97. The van der Waals surface area contributed by atoms with Crippen molar-refractivity contribution in [3.05, 3.63) is 71.5 Å². The lowest BCUT2D eigenvalue weighted by Gasteiger charge is -2.43. The van der Waals surface area contributed by atoms with Crippen molar-refractivity contribution >= 4 is 17.8 Å². The van der Waals surface area contributed by atoms with Crippen LogP contribution >= 0.6 is 0 Å². The van der Waals surface area contributed by atoms with Gasteiger partial charge in [0.1, 0.15) is 18.4 Å². The van der Waals surface area contributed by atoms with Crippen molar-refractivity contribution in [2.75, 3.05) is 13.1 Å². The van der Waals surface area contributed by atoms with Crippen molar-refractivity contribution in [1.29, 1.82) is 0 Å². The molecule has 2 fully saturated rings. The summed E-state index contributed by atoms with van der Waals surface area (Å²) in [5.41, 5.74) is 4.86. The Morgan fingerprint density at radius 3 is 2.42 bits per heavy atom. The Kier molecular flexibility index (Phi) is 6.71. The van der Waals surface area contributed by atoms with Crippen LogP contribution in [-0.2, 0) is 22.7 Å². The van der Waals surface area contributed by atoms with Gasteiger partial charge in [0, 0.05) is 19.1 Å². The number of amides is 4. The van der Waals surface area contributed by atoms with E-state index in [0.29, 0.717) is 6.54 Å². The molecule has 2 aromatic carbocycles. The molecule has 0 saturated carbocycles. The Balaban J connectivity index is 1.53. The topological polar surface area (TPSA) is 85.0 Å². The average molecular weight is 454 g/mol. The molecule has 2 aromatic rings. The molecule has 0 aliphatic carbocycles. The number of fused-ring (bicyclic) bond motifs is 1. The van der Waals surface area contributed by atoms with Crippen molar-refractivity contribution in [3.63, 3.8) is 0 Å². The Hall–Kier alpha value is -3.30. The molecule has 8 nitrogen and oxygen atoms in total. The third kappa shape index (κ3) is 4.74. The Morgan fingerprint density at radius 2 is 1.76 bits per heavy atom. The van der Waals surface area contributed by atoms with Gasteiger partial charge in [0.2, 0.25) is 5.91 Å². The largest absolute Gasteiger partial charge is 0.350 e. The first kappa shape index (κ1) is 22.9. The minimum Gasteiger partial charge on any atom is -0.350 e. The number of benzene rings is 2. The molecule has 4 amide bonds. The maximum Gasteiger partial charge on any atom is 0.327 e. The summed E-state index contributed by atoms with van der Waals surface area (Å²) in [6.45, 7) is 4.61. The second-order valence-corrected chi connectivity index (χ2v) is 8.36. The number of likely N-dealkylation sites (N-methyl/N-ethyl adjacent to an activating group) is 1. The number of nitrogens with one attached hydrogen (secondary N) is 2. The Bertz CT molecular complexity index is 1020. The molecule has 2 heterocycles. The molecule has 3 atom stereocenters. The van der Waals surface area contributed by atoms with Gasteiger partial charge in [0.15, 0.2) is 0 Å². The second kappa shape index (κ2) is 9.68. The lowest BCUT2D eigenvalue weighted by Crippen LogP contribution is -2.67. The lowest BCUT2D eigenvalue weighted by molar-refractivity contribution is -0.140. The smallest absolute Gasteiger partial charge is 0.327 e. The van der Waals surface area contributed by atoms with Gasteiger partial charge in [-0.05, 0) is 30.2 Å². The minimum absolute atomic E-state index is 0.140. The van der Waals surface area contributed by atoms with Crippen molar-refractivity contribution in [2.45, 2.75) is 45.1 Å². The van der Waals surface area contributed by atoms with Crippen molar-refractivity contribution in [3.8, 4) is 0 Å². The molecule has 33 heavy (non-hydrogen) atoms. The Morgan fingerprint density at radius 1 is 1.06 bits per heavy atom. The van der Waals surface area contributed by atoms with E-state index in [-0.39, 0.29) is 43.3 Å². The van der Waals surface area contributed by atoms with Gasteiger partial charge >= 0.3 is 6.03 Å². The summed E-state index contributed by atoms with van der Waals surface area (Å²) < 4.78 is 13.1. The number of hydrogen-bond donors (Lipinski definition) is 2. The summed E-state index contributed by atoms with van der Waals surface area (Å²) in [4.78, 5) is 42.3. The first-order valence-electron chi connectivity index (χ1n) is 11.1. The van der Waals surface area contributed by atoms with Gasteiger partial charge in [-0.15, -0.1) is 0 Å².